The largest absolute Gasteiger partial charge is 0.389 e. The van der Waals surface area contributed by atoms with Crippen LogP contribution in [0.4, 0.5) is 5.69 Å². The summed E-state index contributed by atoms with van der Waals surface area (Å²) in [6, 6.07) is 10.2. The molecule has 2 rings (SSSR count). The number of rotatable bonds is 4. The zero-order chi connectivity index (χ0) is 13.1. The van der Waals surface area contributed by atoms with E-state index in [0.29, 0.717) is 4.99 Å². The Kier molecular flexibility index (Phi) is 4.37. The Morgan fingerprint density at radius 1 is 1.44 bits per heavy atom. The smallest absolute Gasteiger partial charge is 0.105 e. The van der Waals surface area contributed by atoms with E-state index in [1.807, 2.05) is 18.2 Å². The third kappa shape index (κ3) is 3.10. The normalized spacial score (nSPS) is 10.3. The maximum Gasteiger partial charge on any atom is 0.105 e. The van der Waals surface area contributed by atoms with Crippen molar-refractivity contribution in [3.63, 3.8) is 0 Å². The molecule has 0 fully saturated rings. The van der Waals surface area contributed by atoms with Crippen LogP contribution in [0, 0.1) is 0 Å². The molecule has 0 aliphatic carbocycles. The van der Waals surface area contributed by atoms with Crippen LogP contribution in [0.5, 0.6) is 0 Å². The van der Waals surface area contributed by atoms with E-state index in [1.165, 1.54) is 4.88 Å². The molecule has 1 aromatic heterocycles. The Morgan fingerprint density at radius 3 is 2.78 bits per heavy atom. The lowest BCUT2D eigenvalue weighted by Gasteiger charge is -2.19. The SMILES string of the molecule is CN(Cc1cccs1)c1ccc(C(N)=S)c(Br)c1. The number of anilines is 1. The summed E-state index contributed by atoms with van der Waals surface area (Å²) in [5.41, 5.74) is 7.65. The summed E-state index contributed by atoms with van der Waals surface area (Å²) in [7, 11) is 2.07. The highest BCUT2D eigenvalue weighted by atomic mass is 79.9. The lowest BCUT2D eigenvalue weighted by Crippen LogP contribution is -2.16. The molecule has 0 spiro atoms. The van der Waals surface area contributed by atoms with Gasteiger partial charge in [-0.2, -0.15) is 0 Å². The number of thiocarbonyl (C=S) groups is 1. The van der Waals surface area contributed by atoms with Crippen LogP contribution in [0.2, 0.25) is 0 Å². The van der Waals surface area contributed by atoms with Gasteiger partial charge < -0.3 is 10.6 Å². The molecule has 0 unspecified atom stereocenters. The number of hydrogen-bond acceptors (Lipinski definition) is 3. The molecule has 0 aliphatic rings. The summed E-state index contributed by atoms with van der Waals surface area (Å²) in [6.45, 7) is 0.899. The van der Waals surface area contributed by atoms with Crippen molar-refractivity contribution in [2.45, 2.75) is 6.54 Å². The first-order valence-corrected chi connectivity index (χ1v) is 7.49. The van der Waals surface area contributed by atoms with Gasteiger partial charge in [-0.3, -0.25) is 0 Å². The van der Waals surface area contributed by atoms with Crippen LogP contribution in [0.15, 0.2) is 40.2 Å². The van der Waals surface area contributed by atoms with Crippen molar-refractivity contribution in [1.82, 2.24) is 0 Å². The summed E-state index contributed by atoms with van der Waals surface area (Å²) in [4.78, 5) is 3.95. The van der Waals surface area contributed by atoms with Crippen LogP contribution in [0.3, 0.4) is 0 Å². The summed E-state index contributed by atoms with van der Waals surface area (Å²) in [5, 5.41) is 2.09. The summed E-state index contributed by atoms with van der Waals surface area (Å²) < 4.78 is 0.936. The van der Waals surface area contributed by atoms with Crippen molar-refractivity contribution in [3.8, 4) is 0 Å². The molecule has 0 atom stereocenters. The van der Waals surface area contributed by atoms with Crippen molar-refractivity contribution >= 4 is 50.2 Å². The molecule has 0 radical (unpaired) electrons. The Labute approximate surface area is 125 Å². The van der Waals surface area contributed by atoms with Gasteiger partial charge in [-0.25, -0.2) is 0 Å². The van der Waals surface area contributed by atoms with Gasteiger partial charge in [0.2, 0.25) is 0 Å². The van der Waals surface area contributed by atoms with E-state index in [-0.39, 0.29) is 0 Å². The van der Waals surface area contributed by atoms with Crippen LogP contribution in [-0.2, 0) is 6.54 Å². The molecule has 1 heterocycles. The van der Waals surface area contributed by atoms with Crippen LogP contribution in [0.1, 0.15) is 10.4 Å². The summed E-state index contributed by atoms with van der Waals surface area (Å²) in [5.74, 6) is 0. The van der Waals surface area contributed by atoms with E-state index in [2.05, 4.69) is 45.4 Å². The van der Waals surface area contributed by atoms with Gasteiger partial charge in [-0.1, -0.05) is 18.3 Å². The molecular weight excluding hydrogens is 328 g/mol. The second-order valence-corrected chi connectivity index (χ2v) is 6.29. The Balaban J connectivity index is 2.18. The predicted molar refractivity (Wildman–Crippen MR) is 86.5 cm³/mol. The number of nitrogens with two attached hydrogens (primary N) is 1. The zero-order valence-corrected chi connectivity index (χ0v) is 13.1. The quantitative estimate of drug-likeness (QED) is 0.858. The van der Waals surface area contributed by atoms with Gasteiger partial charge in [0, 0.05) is 27.6 Å². The zero-order valence-electron chi connectivity index (χ0n) is 9.89. The first kappa shape index (κ1) is 13.5. The van der Waals surface area contributed by atoms with Crippen LogP contribution >= 0.6 is 39.5 Å². The highest BCUT2D eigenvalue weighted by Crippen LogP contribution is 2.25. The minimum Gasteiger partial charge on any atom is -0.389 e. The molecule has 5 heteroatoms. The van der Waals surface area contributed by atoms with Gasteiger partial charge in [0.25, 0.3) is 0 Å². The van der Waals surface area contributed by atoms with E-state index in [0.717, 1.165) is 22.3 Å². The Hall–Kier alpha value is -0.910. The average molecular weight is 341 g/mol. The minimum atomic E-state index is 0.411. The fourth-order valence-corrected chi connectivity index (χ4v) is 3.32. The molecule has 0 saturated heterocycles. The van der Waals surface area contributed by atoms with Crippen LogP contribution in [-0.4, -0.2) is 12.0 Å². The highest BCUT2D eigenvalue weighted by molar-refractivity contribution is 9.10. The van der Waals surface area contributed by atoms with E-state index >= 15 is 0 Å². The first-order chi connectivity index (χ1) is 8.58. The molecule has 0 saturated carbocycles. The van der Waals surface area contributed by atoms with Gasteiger partial charge in [0.15, 0.2) is 0 Å². The van der Waals surface area contributed by atoms with Crippen molar-refractivity contribution in [2.75, 3.05) is 11.9 Å². The predicted octanol–water partition coefficient (Wildman–Crippen LogP) is 3.78. The van der Waals surface area contributed by atoms with Crippen molar-refractivity contribution in [3.05, 3.63) is 50.6 Å². The molecule has 18 heavy (non-hydrogen) atoms. The van der Waals surface area contributed by atoms with Gasteiger partial charge in [-0.15, -0.1) is 11.3 Å². The Morgan fingerprint density at radius 2 is 2.22 bits per heavy atom. The second-order valence-electron chi connectivity index (χ2n) is 3.96. The highest BCUT2D eigenvalue weighted by Gasteiger charge is 2.07. The molecule has 0 amide bonds. The maximum absolute atomic E-state index is 5.64. The molecule has 2 aromatic rings. The molecule has 0 aliphatic heterocycles. The standard InChI is InChI=1S/C13H13BrN2S2/c1-16(8-10-3-2-6-18-10)9-4-5-11(13(15)17)12(14)7-9/h2-7H,8H2,1H3,(H2,15,17). The number of halogens is 1. The molecule has 2 nitrogen and oxygen atoms in total. The molecule has 0 bridgehead atoms. The van der Waals surface area contributed by atoms with E-state index in [4.69, 9.17) is 18.0 Å². The third-order valence-electron chi connectivity index (χ3n) is 2.63. The lowest BCUT2D eigenvalue weighted by atomic mass is 10.2. The fraction of sp³-hybridized carbons (Fsp3) is 0.154. The molecule has 1 aromatic carbocycles. The molecule has 94 valence electrons. The molecule has 2 N–H and O–H groups in total. The summed E-state index contributed by atoms with van der Waals surface area (Å²) in [6.07, 6.45) is 0. The maximum atomic E-state index is 5.64. The second kappa shape index (κ2) is 5.82. The average Bonchev–Trinajstić information content (AvgIpc) is 2.81. The van der Waals surface area contributed by atoms with Crippen LogP contribution in [0.25, 0.3) is 0 Å². The molecular formula is C13H13BrN2S2. The van der Waals surface area contributed by atoms with E-state index < -0.39 is 0 Å². The minimum absolute atomic E-state index is 0.411. The number of hydrogen-bond donors (Lipinski definition) is 1. The topological polar surface area (TPSA) is 29.3 Å². The monoisotopic (exact) mass is 340 g/mol. The van der Waals surface area contributed by atoms with Gasteiger partial charge in [-0.05, 0) is 45.6 Å². The van der Waals surface area contributed by atoms with E-state index in [9.17, 15) is 0 Å². The van der Waals surface area contributed by atoms with Gasteiger partial charge in [0.05, 0.1) is 6.54 Å². The first-order valence-electron chi connectivity index (χ1n) is 5.41. The van der Waals surface area contributed by atoms with Crippen LogP contribution < -0.4 is 10.6 Å². The van der Waals surface area contributed by atoms with Crippen molar-refractivity contribution < 1.29 is 0 Å². The lowest BCUT2D eigenvalue weighted by molar-refractivity contribution is 0.940. The number of benzene rings is 1. The number of thiophene rings is 1. The van der Waals surface area contributed by atoms with Gasteiger partial charge in [0.1, 0.15) is 4.99 Å². The van der Waals surface area contributed by atoms with Crippen molar-refractivity contribution in [1.29, 1.82) is 0 Å². The van der Waals surface area contributed by atoms with Gasteiger partial charge >= 0.3 is 0 Å². The third-order valence-corrected chi connectivity index (χ3v) is 4.37. The Bertz CT molecular complexity index is 552. The van der Waals surface area contributed by atoms with E-state index in [1.54, 1.807) is 11.3 Å². The number of nitrogens with zero attached hydrogens (tertiary/aromatic N) is 1. The fourth-order valence-electron chi connectivity index (χ4n) is 1.67. The summed E-state index contributed by atoms with van der Waals surface area (Å²) >= 11 is 10.3. The van der Waals surface area contributed by atoms with Crippen molar-refractivity contribution in [2.24, 2.45) is 5.73 Å².